The number of hydrogen-bond donors (Lipinski definition) is 1. The summed E-state index contributed by atoms with van der Waals surface area (Å²) in [6, 6.07) is 0. The van der Waals surface area contributed by atoms with Crippen LogP contribution in [0.4, 0.5) is 0 Å². The molecule has 122 valence electrons. The zero-order valence-corrected chi connectivity index (χ0v) is 13.7. The number of carbonyl (C=O) groups excluding carboxylic acids is 2. The fourth-order valence-electron chi connectivity index (χ4n) is 3.41. The lowest BCUT2D eigenvalue weighted by Gasteiger charge is -2.45. The number of ether oxygens (including phenoxy) is 2. The number of aliphatic hydroxyl groups is 1. The molecule has 1 aliphatic rings. The lowest BCUT2D eigenvalue weighted by Crippen LogP contribution is -2.48. The third kappa shape index (κ3) is 4.70. The van der Waals surface area contributed by atoms with E-state index in [0.29, 0.717) is 25.7 Å². The summed E-state index contributed by atoms with van der Waals surface area (Å²) >= 11 is 0. The summed E-state index contributed by atoms with van der Waals surface area (Å²) < 4.78 is 10.1. The van der Waals surface area contributed by atoms with Gasteiger partial charge in [0.2, 0.25) is 0 Å². The minimum absolute atomic E-state index is 0.00251. The third-order valence-electron chi connectivity index (χ3n) is 4.79. The van der Waals surface area contributed by atoms with E-state index in [2.05, 4.69) is 0 Å². The molecule has 0 unspecified atom stereocenters. The molecule has 1 fully saturated rings. The molecule has 0 spiro atoms. The van der Waals surface area contributed by atoms with Crippen molar-refractivity contribution in [3.63, 3.8) is 0 Å². The molecule has 1 rings (SSSR count). The van der Waals surface area contributed by atoms with Crippen LogP contribution < -0.4 is 0 Å². The van der Waals surface area contributed by atoms with Crippen molar-refractivity contribution >= 4 is 11.9 Å². The van der Waals surface area contributed by atoms with E-state index in [1.807, 2.05) is 20.8 Å². The summed E-state index contributed by atoms with van der Waals surface area (Å²) in [4.78, 5) is 22.7. The number of rotatable bonds is 5. The van der Waals surface area contributed by atoms with Crippen LogP contribution in [0.2, 0.25) is 0 Å². The molecular formula is C16H28O5. The molecular weight excluding hydrogens is 272 g/mol. The molecule has 0 aliphatic heterocycles. The topological polar surface area (TPSA) is 72.8 Å². The molecule has 0 aromatic rings. The maximum absolute atomic E-state index is 11.5. The molecule has 0 radical (unpaired) electrons. The average molecular weight is 300 g/mol. The second-order valence-electron chi connectivity index (χ2n) is 6.51. The molecule has 1 N–H and O–H groups in total. The highest BCUT2D eigenvalue weighted by molar-refractivity contribution is 5.71. The summed E-state index contributed by atoms with van der Waals surface area (Å²) in [5, 5.41) is 10.6. The van der Waals surface area contributed by atoms with Gasteiger partial charge in [-0.15, -0.1) is 0 Å². The van der Waals surface area contributed by atoms with Crippen molar-refractivity contribution in [2.75, 3.05) is 7.11 Å². The Bertz CT molecular complexity index is 377. The smallest absolute Gasteiger partial charge is 0.308 e. The van der Waals surface area contributed by atoms with Gasteiger partial charge in [-0.2, -0.15) is 0 Å². The number of esters is 2. The monoisotopic (exact) mass is 300 g/mol. The quantitative estimate of drug-likeness (QED) is 0.789. The van der Waals surface area contributed by atoms with Crippen molar-refractivity contribution < 1.29 is 24.2 Å². The fraction of sp³-hybridized carbons (Fsp3) is 0.875. The Morgan fingerprint density at radius 1 is 1.43 bits per heavy atom. The molecule has 5 nitrogen and oxygen atoms in total. The van der Waals surface area contributed by atoms with E-state index in [0.717, 1.165) is 0 Å². The van der Waals surface area contributed by atoms with Crippen LogP contribution in [-0.2, 0) is 19.1 Å². The fourth-order valence-corrected chi connectivity index (χ4v) is 3.41. The predicted molar refractivity (Wildman–Crippen MR) is 78.5 cm³/mol. The summed E-state index contributed by atoms with van der Waals surface area (Å²) in [6.07, 6.45) is 2.50. The maximum atomic E-state index is 11.5. The van der Waals surface area contributed by atoms with E-state index < -0.39 is 5.60 Å². The second kappa shape index (κ2) is 7.25. The lowest BCUT2D eigenvalue weighted by molar-refractivity contribution is -0.162. The highest BCUT2D eigenvalue weighted by atomic mass is 16.5. The van der Waals surface area contributed by atoms with Gasteiger partial charge >= 0.3 is 11.9 Å². The van der Waals surface area contributed by atoms with E-state index in [1.54, 1.807) is 0 Å². The number of hydrogen-bond acceptors (Lipinski definition) is 5. The molecule has 5 atom stereocenters. The van der Waals surface area contributed by atoms with Crippen LogP contribution in [0.25, 0.3) is 0 Å². The Balaban J connectivity index is 2.70. The van der Waals surface area contributed by atoms with Gasteiger partial charge < -0.3 is 14.6 Å². The highest BCUT2D eigenvalue weighted by Crippen LogP contribution is 2.42. The van der Waals surface area contributed by atoms with Gasteiger partial charge in [0, 0.05) is 6.92 Å². The van der Waals surface area contributed by atoms with Crippen LogP contribution in [0.1, 0.15) is 53.4 Å². The second-order valence-corrected chi connectivity index (χ2v) is 6.51. The van der Waals surface area contributed by atoms with Crippen molar-refractivity contribution in [3.05, 3.63) is 0 Å². The molecule has 0 bridgehead atoms. The van der Waals surface area contributed by atoms with Crippen molar-refractivity contribution in [1.82, 2.24) is 0 Å². The highest BCUT2D eigenvalue weighted by Gasteiger charge is 2.44. The standard InChI is InChI=1S/C16H28O5/c1-10(15(18)20-5)6-7-13-11(2)14(21-12(3)17)8-9-16(13,4)19/h10-11,13-14,19H,6-9H2,1-5H3/t10-,11+,13+,14+,16+/m1/s1. The van der Waals surface area contributed by atoms with Gasteiger partial charge in [0.25, 0.3) is 0 Å². The van der Waals surface area contributed by atoms with Crippen LogP contribution in [0, 0.1) is 17.8 Å². The van der Waals surface area contributed by atoms with E-state index >= 15 is 0 Å². The minimum Gasteiger partial charge on any atom is -0.469 e. The summed E-state index contributed by atoms with van der Waals surface area (Å²) in [5.74, 6) is -0.623. The predicted octanol–water partition coefficient (Wildman–Crippen LogP) is 2.30. The van der Waals surface area contributed by atoms with E-state index in [1.165, 1.54) is 14.0 Å². The van der Waals surface area contributed by atoms with Crippen LogP contribution >= 0.6 is 0 Å². The van der Waals surface area contributed by atoms with Gasteiger partial charge in [-0.1, -0.05) is 13.8 Å². The molecule has 0 heterocycles. The Morgan fingerprint density at radius 2 is 2.05 bits per heavy atom. The van der Waals surface area contributed by atoms with Gasteiger partial charge in [0.15, 0.2) is 0 Å². The Hall–Kier alpha value is -1.10. The van der Waals surface area contributed by atoms with Gasteiger partial charge in [0.1, 0.15) is 6.10 Å². The molecule has 0 aromatic carbocycles. The molecule has 0 aromatic heterocycles. The van der Waals surface area contributed by atoms with Crippen LogP contribution in [0.3, 0.4) is 0 Å². The van der Waals surface area contributed by atoms with Gasteiger partial charge in [-0.25, -0.2) is 0 Å². The normalized spacial score (nSPS) is 34.1. The van der Waals surface area contributed by atoms with Crippen LogP contribution in [0.15, 0.2) is 0 Å². The van der Waals surface area contributed by atoms with Gasteiger partial charge in [-0.3, -0.25) is 9.59 Å². The molecule has 5 heteroatoms. The van der Waals surface area contributed by atoms with Gasteiger partial charge in [-0.05, 0) is 44.4 Å². The zero-order valence-electron chi connectivity index (χ0n) is 13.7. The van der Waals surface area contributed by atoms with Crippen molar-refractivity contribution in [3.8, 4) is 0 Å². The third-order valence-corrected chi connectivity index (χ3v) is 4.79. The van der Waals surface area contributed by atoms with E-state index in [-0.39, 0.29) is 35.8 Å². The van der Waals surface area contributed by atoms with E-state index in [4.69, 9.17) is 9.47 Å². The Morgan fingerprint density at radius 3 is 2.57 bits per heavy atom. The zero-order chi connectivity index (χ0) is 16.2. The van der Waals surface area contributed by atoms with Crippen molar-refractivity contribution in [2.24, 2.45) is 17.8 Å². The van der Waals surface area contributed by atoms with Crippen molar-refractivity contribution in [2.45, 2.75) is 65.1 Å². The number of methoxy groups -OCH3 is 1. The first kappa shape index (κ1) is 18.0. The molecule has 1 saturated carbocycles. The Labute approximate surface area is 127 Å². The largest absolute Gasteiger partial charge is 0.469 e. The van der Waals surface area contributed by atoms with Crippen molar-refractivity contribution in [1.29, 1.82) is 0 Å². The average Bonchev–Trinajstić information content (AvgIpc) is 2.40. The Kier molecular flexibility index (Phi) is 6.20. The first-order valence-corrected chi connectivity index (χ1v) is 7.66. The van der Waals surface area contributed by atoms with E-state index in [9.17, 15) is 14.7 Å². The molecule has 21 heavy (non-hydrogen) atoms. The first-order valence-electron chi connectivity index (χ1n) is 7.66. The molecule has 0 amide bonds. The molecule has 0 saturated heterocycles. The van der Waals surface area contributed by atoms with Crippen LogP contribution in [-0.4, -0.2) is 35.9 Å². The van der Waals surface area contributed by atoms with Gasteiger partial charge in [0.05, 0.1) is 18.6 Å². The minimum atomic E-state index is -0.786. The SMILES string of the molecule is COC(=O)[C@H](C)CC[C@H]1[C@H](C)[C@@H](OC(C)=O)CC[C@]1(C)O. The van der Waals surface area contributed by atoms with Crippen LogP contribution in [0.5, 0.6) is 0 Å². The number of carbonyl (C=O) groups is 2. The summed E-state index contributed by atoms with van der Waals surface area (Å²) in [5.41, 5.74) is -0.786. The lowest BCUT2D eigenvalue weighted by atomic mass is 9.67. The summed E-state index contributed by atoms with van der Waals surface area (Å²) in [6.45, 7) is 7.08. The molecule has 1 aliphatic carbocycles. The maximum Gasteiger partial charge on any atom is 0.308 e. The first-order chi connectivity index (χ1) is 9.69. The summed E-state index contributed by atoms with van der Waals surface area (Å²) in [7, 11) is 1.38.